The molecule has 0 aliphatic carbocycles. The van der Waals surface area contributed by atoms with E-state index in [0.717, 1.165) is 141 Å². The fraction of sp³-hybridized carbons (Fsp3) is 0.590. The summed E-state index contributed by atoms with van der Waals surface area (Å²) < 4.78 is 10.8. The van der Waals surface area contributed by atoms with E-state index in [-0.39, 0.29) is 25.2 Å². The zero-order valence-electron chi connectivity index (χ0n) is 56.7. The van der Waals surface area contributed by atoms with Crippen LogP contribution in [0, 0.1) is 0 Å². The standard InChI is InChI=1S/C83H132O5/c1-3-5-7-9-11-13-15-17-19-21-23-25-27-29-31-33-35-37-38-39-40-41-42-43-44-46-48-50-52-54-56-58-60-62-64-66-68-70-72-74-76-78-83(86)88-81(79-84)80-87-82(85)77-75-73-71-69-67-65-63-61-59-57-55-53-51-49-47-45-36-34-32-30-28-26-24-22-20-18-16-14-12-10-8-6-4-2/h5-8,11-14,17-20,23-26,29-32,35-37,39-40,42-43,45-46,48,52,54,81,84H,3-4,9-10,15-16,21-22,27-28,33-34,38,41,44,47,49-51,53,55-80H2,1-2H3/b7-5-,8-6-,13-11-,14-12-,19-17-,20-18-,25-23-,26-24-,31-29-,32-30-,37-35-,40-39-,43-42-,45-36-,48-46-,54-52-. The van der Waals surface area contributed by atoms with Gasteiger partial charge in [0.25, 0.3) is 0 Å². The van der Waals surface area contributed by atoms with Crippen molar-refractivity contribution in [1.82, 2.24) is 0 Å². The summed E-state index contributed by atoms with van der Waals surface area (Å²) in [5.41, 5.74) is 0. The molecule has 0 rings (SSSR count). The molecule has 5 heteroatoms. The maximum Gasteiger partial charge on any atom is 0.306 e. The summed E-state index contributed by atoms with van der Waals surface area (Å²) in [4.78, 5) is 24.7. The lowest BCUT2D eigenvalue weighted by Crippen LogP contribution is -2.28. The van der Waals surface area contributed by atoms with Crippen LogP contribution in [0.1, 0.15) is 296 Å². The molecule has 0 aliphatic rings. The van der Waals surface area contributed by atoms with Crippen LogP contribution in [0.3, 0.4) is 0 Å². The Morgan fingerprint density at radius 3 is 0.682 bits per heavy atom. The minimum atomic E-state index is -0.789. The molecule has 0 radical (unpaired) electrons. The lowest BCUT2D eigenvalue weighted by atomic mass is 10.0. The highest BCUT2D eigenvalue weighted by atomic mass is 16.6. The molecule has 494 valence electrons. The van der Waals surface area contributed by atoms with Crippen LogP contribution in [0.5, 0.6) is 0 Å². The molecule has 0 fully saturated rings. The van der Waals surface area contributed by atoms with Gasteiger partial charge in [0.15, 0.2) is 6.10 Å². The van der Waals surface area contributed by atoms with E-state index in [9.17, 15) is 14.7 Å². The number of ether oxygens (including phenoxy) is 2. The third-order valence-corrected chi connectivity index (χ3v) is 14.9. The molecule has 5 nitrogen and oxygen atoms in total. The van der Waals surface area contributed by atoms with E-state index in [4.69, 9.17) is 9.47 Å². The van der Waals surface area contributed by atoms with Gasteiger partial charge in [-0.3, -0.25) is 9.59 Å². The summed E-state index contributed by atoms with van der Waals surface area (Å²) in [6, 6.07) is 0. The van der Waals surface area contributed by atoms with Gasteiger partial charge in [-0.05, 0) is 141 Å². The first-order chi connectivity index (χ1) is 43.6. The monoisotopic (exact) mass is 1210 g/mol. The summed E-state index contributed by atoms with van der Waals surface area (Å²) in [6.45, 7) is 3.91. The molecule has 88 heavy (non-hydrogen) atoms. The average molecular weight is 1210 g/mol. The summed E-state index contributed by atoms with van der Waals surface area (Å²) in [5, 5.41) is 9.71. The topological polar surface area (TPSA) is 72.8 Å². The minimum absolute atomic E-state index is 0.0771. The van der Waals surface area contributed by atoms with Gasteiger partial charge in [0.1, 0.15) is 6.61 Å². The highest BCUT2D eigenvalue weighted by Crippen LogP contribution is 2.16. The Morgan fingerprint density at radius 1 is 0.261 bits per heavy atom. The molecule has 0 saturated heterocycles. The van der Waals surface area contributed by atoms with Crippen molar-refractivity contribution in [3.05, 3.63) is 194 Å². The fourth-order valence-corrected chi connectivity index (χ4v) is 9.59. The number of allylic oxidation sites excluding steroid dienone is 32. The number of esters is 2. The van der Waals surface area contributed by atoms with Crippen LogP contribution >= 0.6 is 0 Å². The molecule has 0 heterocycles. The number of rotatable bonds is 64. The number of aliphatic hydroxyl groups excluding tert-OH is 1. The predicted molar refractivity (Wildman–Crippen MR) is 389 cm³/mol. The van der Waals surface area contributed by atoms with E-state index in [0.29, 0.717) is 12.8 Å². The van der Waals surface area contributed by atoms with Gasteiger partial charge in [-0.15, -0.1) is 0 Å². The van der Waals surface area contributed by atoms with Gasteiger partial charge < -0.3 is 14.6 Å². The van der Waals surface area contributed by atoms with Gasteiger partial charge in [0, 0.05) is 12.8 Å². The number of aliphatic hydroxyl groups is 1. The van der Waals surface area contributed by atoms with Crippen LogP contribution in [-0.4, -0.2) is 36.4 Å². The summed E-state index contributed by atoms with van der Waals surface area (Å²) >= 11 is 0. The first-order valence-electron chi connectivity index (χ1n) is 36.0. The minimum Gasteiger partial charge on any atom is -0.462 e. The van der Waals surface area contributed by atoms with Gasteiger partial charge in [-0.25, -0.2) is 0 Å². The van der Waals surface area contributed by atoms with Crippen molar-refractivity contribution in [1.29, 1.82) is 0 Å². The molecule has 0 aromatic rings. The van der Waals surface area contributed by atoms with Crippen molar-refractivity contribution in [2.75, 3.05) is 13.2 Å². The molecule has 0 spiro atoms. The smallest absolute Gasteiger partial charge is 0.306 e. The first-order valence-corrected chi connectivity index (χ1v) is 36.0. The van der Waals surface area contributed by atoms with Gasteiger partial charge in [0.05, 0.1) is 6.61 Å². The molecule has 0 amide bonds. The quantitative estimate of drug-likeness (QED) is 0.0373. The van der Waals surface area contributed by atoms with Crippen molar-refractivity contribution < 1.29 is 24.2 Å². The molecule has 0 aliphatic heterocycles. The van der Waals surface area contributed by atoms with E-state index < -0.39 is 6.10 Å². The molecule has 1 atom stereocenters. The normalized spacial score (nSPS) is 13.4. The van der Waals surface area contributed by atoms with Gasteiger partial charge in [-0.1, -0.05) is 337 Å². The van der Waals surface area contributed by atoms with Crippen molar-refractivity contribution in [2.24, 2.45) is 0 Å². The van der Waals surface area contributed by atoms with Crippen LogP contribution in [0.2, 0.25) is 0 Å². The summed E-state index contributed by atoms with van der Waals surface area (Å²) in [7, 11) is 0. The number of unbranched alkanes of at least 4 members (excludes halogenated alkanes) is 24. The van der Waals surface area contributed by atoms with E-state index in [1.807, 2.05) is 0 Å². The van der Waals surface area contributed by atoms with Gasteiger partial charge in [0.2, 0.25) is 0 Å². The van der Waals surface area contributed by atoms with Gasteiger partial charge >= 0.3 is 11.9 Å². The lowest BCUT2D eigenvalue weighted by Gasteiger charge is -2.15. The Labute approximate surface area is 543 Å². The maximum absolute atomic E-state index is 12.4. The zero-order chi connectivity index (χ0) is 63.3. The third kappa shape index (κ3) is 73.2. The Hall–Kier alpha value is -5.26. The Bertz CT molecular complexity index is 2000. The van der Waals surface area contributed by atoms with Crippen LogP contribution in [0.4, 0.5) is 0 Å². The second-order valence-corrected chi connectivity index (χ2v) is 23.2. The Morgan fingerprint density at radius 2 is 0.455 bits per heavy atom. The Balaban J connectivity index is 3.56. The number of carbonyl (C=O) groups excluding carboxylic acids is 2. The van der Waals surface area contributed by atoms with Crippen LogP contribution in [0.15, 0.2) is 194 Å². The zero-order valence-corrected chi connectivity index (χ0v) is 56.7. The molecular weight excluding hydrogens is 1080 g/mol. The van der Waals surface area contributed by atoms with Crippen LogP contribution in [-0.2, 0) is 19.1 Å². The molecule has 1 unspecified atom stereocenters. The van der Waals surface area contributed by atoms with Crippen molar-refractivity contribution >= 4 is 11.9 Å². The molecule has 1 N–H and O–H groups in total. The van der Waals surface area contributed by atoms with E-state index in [2.05, 4.69) is 208 Å². The fourth-order valence-electron chi connectivity index (χ4n) is 9.59. The first kappa shape index (κ1) is 82.7. The number of hydrogen-bond donors (Lipinski definition) is 1. The predicted octanol–water partition coefficient (Wildman–Crippen LogP) is 25.5. The molecule has 0 bridgehead atoms. The second-order valence-electron chi connectivity index (χ2n) is 23.2. The average Bonchev–Trinajstić information content (AvgIpc) is 3.56. The van der Waals surface area contributed by atoms with Gasteiger partial charge in [-0.2, -0.15) is 0 Å². The molecule has 0 aromatic carbocycles. The molecule has 0 saturated carbocycles. The van der Waals surface area contributed by atoms with E-state index in [1.54, 1.807) is 0 Å². The van der Waals surface area contributed by atoms with Crippen molar-refractivity contribution in [3.63, 3.8) is 0 Å². The molecule has 0 aromatic heterocycles. The highest BCUT2D eigenvalue weighted by molar-refractivity contribution is 5.70. The van der Waals surface area contributed by atoms with Crippen molar-refractivity contribution in [2.45, 2.75) is 302 Å². The van der Waals surface area contributed by atoms with E-state index >= 15 is 0 Å². The van der Waals surface area contributed by atoms with Crippen molar-refractivity contribution in [3.8, 4) is 0 Å². The number of hydrogen-bond acceptors (Lipinski definition) is 5. The second kappa shape index (κ2) is 76.0. The van der Waals surface area contributed by atoms with Crippen LogP contribution in [0.25, 0.3) is 0 Å². The summed E-state index contributed by atoms with van der Waals surface area (Å²) in [6.07, 6.45) is 120. The highest BCUT2D eigenvalue weighted by Gasteiger charge is 2.16. The lowest BCUT2D eigenvalue weighted by molar-refractivity contribution is -0.161. The molecular formula is C83H132O5. The van der Waals surface area contributed by atoms with E-state index in [1.165, 1.54) is 128 Å². The largest absolute Gasteiger partial charge is 0.462 e. The maximum atomic E-state index is 12.4. The van der Waals surface area contributed by atoms with Crippen LogP contribution < -0.4 is 0 Å². The summed E-state index contributed by atoms with van der Waals surface area (Å²) in [5.74, 6) is -0.601. The SMILES string of the molecule is CC/C=C\C/C=C\C/C=C\C/C=C\C/C=C\C/C=C\C/C=C\C/C=C\C/C=C\C/C=C\CCCCCCCCCCCCC(=O)OC(CO)COC(=O)CCCCCCCCCCCCCCCC/C=C\C/C=C\C/C=C\C/C=C\C/C=C\C/C=C\CC. The third-order valence-electron chi connectivity index (χ3n) is 14.9. The Kier molecular flexibility index (Phi) is 71.4. The number of carbonyl (C=O) groups is 2.